The molecule has 1 aliphatic heterocycles. The lowest BCUT2D eigenvalue weighted by Gasteiger charge is -2.10. The number of allylic oxidation sites excluding steroid dienone is 1. The summed E-state index contributed by atoms with van der Waals surface area (Å²) in [6, 6.07) is 9.74. The summed E-state index contributed by atoms with van der Waals surface area (Å²) < 4.78 is 5.02. The Hall–Kier alpha value is -2.23. The summed E-state index contributed by atoms with van der Waals surface area (Å²) in [4.78, 5) is 20.8. The Morgan fingerprint density at radius 3 is 2.76 bits per heavy atom. The molecule has 21 heavy (non-hydrogen) atoms. The number of ether oxygens (including phenoxy) is 1. The summed E-state index contributed by atoms with van der Waals surface area (Å²) in [5, 5.41) is 0. The summed E-state index contributed by atoms with van der Waals surface area (Å²) in [5.74, 6) is 0.657. The van der Waals surface area contributed by atoms with Gasteiger partial charge in [-0.15, -0.1) is 0 Å². The Morgan fingerprint density at radius 2 is 2.10 bits per heavy atom. The molecule has 1 aromatic rings. The average molecular weight is 284 g/mol. The van der Waals surface area contributed by atoms with Crippen LogP contribution in [0.3, 0.4) is 0 Å². The molecule has 0 N–H and O–H groups in total. The minimum Gasteiger partial charge on any atom is -0.462 e. The van der Waals surface area contributed by atoms with Crippen LogP contribution in [-0.4, -0.2) is 24.6 Å². The van der Waals surface area contributed by atoms with E-state index in [1.807, 2.05) is 36.4 Å². The van der Waals surface area contributed by atoms with E-state index >= 15 is 0 Å². The zero-order valence-corrected chi connectivity index (χ0v) is 12.5. The standard InChI is InChI=1S/C17H20N2O2/c1-3-13-10-11-14(17(20)21-4-2)12-18-16(13)19-15-8-6-5-7-9-15/h5-9,11-13H,3-4,10H2,1-2H3. The second kappa shape index (κ2) is 7.53. The third-order valence-electron chi connectivity index (χ3n) is 3.33. The van der Waals surface area contributed by atoms with Crippen molar-refractivity contribution in [1.82, 2.24) is 0 Å². The van der Waals surface area contributed by atoms with Crippen LogP contribution < -0.4 is 0 Å². The third-order valence-corrected chi connectivity index (χ3v) is 3.33. The number of nitrogens with zero attached hydrogens (tertiary/aromatic N) is 2. The lowest BCUT2D eigenvalue weighted by Crippen LogP contribution is -2.09. The highest BCUT2D eigenvalue weighted by Crippen LogP contribution is 2.21. The first-order valence-corrected chi connectivity index (χ1v) is 7.29. The molecule has 0 saturated carbocycles. The van der Waals surface area contributed by atoms with Crippen LogP contribution in [0.15, 0.2) is 52.0 Å². The van der Waals surface area contributed by atoms with Crippen molar-refractivity contribution in [1.29, 1.82) is 0 Å². The minimum atomic E-state index is -0.322. The molecule has 2 rings (SSSR count). The van der Waals surface area contributed by atoms with Crippen molar-refractivity contribution in [3.8, 4) is 0 Å². The molecule has 1 unspecified atom stereocenters. The Balaban J connectivity index is 2.25. The Morgan fingerprint density at radius 1 is 1.33 bits per heavy atom. The second-order valence-electron chi connectivity index (χ2n) is 4.78. The van der Waals surface area contributed by atoms with Gasteiger partial charge < -0.3 is 4.74 Å². The number of carbonyl (C=O) groups is 1. The van der Waals surface area contributed by atoms with E-state index in [2.05, 4.69) is 16.9 Å². The normalized spacial score (nSPS) is 20.0. The average Bonchev–Trinajstić information content (AvgIpc) is 2.71. The van der Waals surface area contributed by atoms with Crippen LogP contribution in [0.25, 0.3) is 0 Å². The highest BCUT2D eigenvalue weighted by atomic mass is 16.5. The first-order chi connectivity index (χ1) is 10.2. The minimum absolute atomic E-state index is 0.216. The van der Waals surface area contributed by atoms with Gasteiger partial charge in [0.25, 0.3) is 0 Å². The first-order valence-electron chi connectivity index (χ1n) is 7.29. The Kier molecular flexibility index (Phi) is 5.43. The lowest BCUT2D eigenvalue weighted by molar-refractivity contribution is -0.137. The van der Waals surface area contributed by atoms with Gasteiger partial charge in [-0.25, -0.2) is 14.8 Å². The number of benzene rings is 1. The van der Waals surface area contributed by atoms with Crippen LogP contribution in [0.5, 0.6) is 0 Å². The van der Waals surface area contributed by atoms with Crippen LogP contribution >= 0.6 is 0 Å². The predicted molar refractivity (Wildman–Crippen MR) is 85.1 cm³/mol. The van der Waals surface area contributed by atoms with Crippen molar-refractivity contribution in [2.24, 2.45) is 15.9 Å². The highest BCUT2D eigenvalue weighted by Gasteiger charge is 2.18. The van der Waals surface area contributed by atoms with E-state index in [-0.39, 0.29) is 11.9 Å². The summed E-state index contributed by atoms with van der Waals surface area (Å²) >= 11 is 0. The molecule has 0 spiro atoms. The number of amidine groups is 1. The maximum atomic E-state index is 11.8. The van der Waals surface area contributed by atoms with Gasteiger partial charge in [0.2, 0.25) is 0 Å². The van der Waals surface area contributed by atoms with Gasteiger partial charge in [0.1, 0.15) is 5.84 Å². The molecule has 0 aromatic heterocycles. The van der Waals surface area contributed by atoms with Gasteiger partial charge in [-0.2, -0.15) is 0 Å². The number of esters is 1. The van der Waals surface area contributed by atoms with Gasteiger partial charge in [-0.3, -0.25) is 0 Å². The topological polar surface area (TPSA) is 51.0 Å². The quantitative estimate of drug-likeness (QED) is 0.791. The molecule has 0 bridgehead atoms. The second-order valence-corrected chi connectivity index (χ2v) is 4.78. The molecule has 0 radical (unpaired) electrons. The zero-order valence-electron chi connectivity index (χ0n) is 12.5. The van der Waals surface area contributed by atoms with Crippen LogP contribution in [0.1, 0.15) is 26.7 Å². The number of carbonyl (C=O) groups excluding carboxylic acids is 1. The molecule has 0 amide bonds. The van der Waals surface area contributed by atoms with Crippen molar-refractivity contribution < 1.29 is 9.53 Å². The van der Waals surface area contributed by atoms with Gasteiger partial charge in [0, 0.05) is 12.1 Å². The van der Waals surface area contributed by atoms with Gasteiger partial charge in [0.15, 0.2) is 0 Å². The molecule has 0 saturated heterocycles. The molecule has 0 fully saturated rings. The Labute approximate surface area is 125 Å². The fourth-order valence-electron chi connectivity index (χ4n) is 2.12. The molecule has 1 atom stereocenters. The molecule has 4 heteroatoms. The predicted octanol–water partition coefficient (Wildman–Crippen LogP) is 3.71. The molecule has 4 nitrogen and oxygen atoms in total. The van der Waals surface area contributed by atoms with Gasteiger partial charge in [-0.1, -0.05) is 31.2 Å². The van der Waals surface area contributed by atoms with Gasteiger partial charge in [0.05, 0.1) is 17.9 Å². The van der Waals surface area contributed by atoms with Crippen molar-refractivity contribution in [3.05, 3.63) is 42.0 Å². The largest absolute Gasteiger partial charge is 0.462 e. The summed E-state index contributed by atoms with van der Waals surface area (Å²) in [6.07, 6.45) is 5.13. The van der Waals surface area contributed by atoms with E-state index in [4.69, 9.17) is 4.74 Å². The summed E-state index contributed by atoms with van der Waals surface area (Å²) in [7, 11) is 0. The molecule has 1 aromatic carbocycles. The van der Waals surface area contributed by atoms with E-state index in [0.29, 0.717) is 12.2 Å². The molecular weight excluding hydrogens is 264 g/mol. The number of hydrogen-bond acceptors (Lipinski definition) is 3. The molecule has 1 aliphatic rings. The zero-order chi connectivity index (χ0) is 15.1. The van der Waals surface area contributed by atoms with Crippen LogP contribution in [-0.2, 0) is 9.53 Å². The SMILES string of the molecule is CCOC(=O)C1=CCC(CC)C(=Nc2ccccc2)N=C1. The maximum Gasteiger partial charge on any atom is 0.339 e. The van der Waals surface area contributed by atoms with E-state index in [0.717, 1.165) is 24.4 Å². The van der Waals surface area contributed by atoms with Crippen molar-refractivity contribution in [2.45, 2.75) is 26.7 Å². The fourth-order valence-corrected chi connectivity index (χ4v) is 2.12. The van der Waals surface area contributed by atoms with E-state index in [1.54, 1.807) is 13.1 Å². The molecule has 0 aliphatic carbocycles. The number of aliphatic imine (C=N–C) groups is 2. The smallest absolute Gasteiger partial charge is 0.339 e. The summed E-state index contributed by atoms with van der Waals surface area (Å²) in [5.41, 5.74) is 1.39. The van der Waals surface area contributed by atoms with E-state index < -0.39 is 0 Å². The molecule has 110 valence electrons. The van der Waals surface area contributed by atoms with E-state index in [9.17, 15) is 4.79 Å². The highest BCUT2D eigenvalue weighted by molar-refractivity contribution is 6.13. The van der Waals surface area contributed by atoms with Gasteiger partial charge in [-0.05, 0) is 31.9 Å². The Bertz CT molecular complexity index is 574. The van der Waals surface area contributed by atoms with Crippen molar-refractivity contribution in [3.63, 3.8) is 0 Å². The monoisotopic (exact) mass is 284 g/mol. The van der Waals surface area contributed by atoms with Crippen molar-refractivity contribution >= 4 is 23.7 Å². The fraction of sp³-hybridized carbons (Fsp3) is 0.353. The third kappa shape index (κ3) is 4.12. The molecule has 1 heterocycles. The maximum absolute atomic E-state index is 11.8. The van der Waals surface area contributed by atoms with Crippen LogP contribution in [0, 0.1) is 5.92 Å². The van der Waals surface area contributed by atoms with Crippen LogP contribution in [0.2, 0.25) is 0 Å². The number of rotatable bonds is 4. The number of hydrogen-bond donors (Lipinski definition) is 0. The van der Waals surface area contributed by atoms with Crippen LogP contribution in [0.4, 0.5) is 5.69 Å². The lowest BCUT2D eigenvalue weighted by atomic mass is 10.0. The van der Waals surface area contributed by atoms with Crippen molar-refractivity contribution in [2.75, 3.05) is 6.61 Å². The summed E-state index contributed by atoms with van der Waals surface area (Å²) in [6.45, 7) is 4.26. The van der Waals surface area contributed by atoms with E-state index in [1.165, 1.54) is 0 Å². The number of para-hydroxylation sites is 1. The first kappa shape index (κ1) is 15.2. The molecular formula is C17H20N2O2. The van der Waals surface area contributed by atoms with Gasteiger partial charge >= 0.3 is 5.97 Å².